The predicted molar refractivity (Wildman–Crippen MR) is 49.7 cm³/mol. The summed E-state index contributed by atoms with van der Waals surface area (Å²) < 4.78 is 4.53. The van der Waals surface area contributed by atoms with Crippen LogP contribution in [0.3, 0.4) is 0 Å². The van der Waals surface area contributed by atoms with Crippen LogP contribution in [0.25, 0.3) is 0 Å². The number of carbonyl (C=O) groups excluding carboxylic acids is 1. The molecule has 0 aliphatic rings. The van der Waals surface area contributed by atoms with Crippen molar-refractivity contribution in [2.45, 2.75) is 13.8 Å². The van der Waals surface area contributed by atoms with Crippen LogP contribution in [-0.4, -0.2) is 13.1 Å². The highest BCUT2D eigenvalue weighted by Gasteiger charge is 2.02. The van der Waals surface area contributed by atoms with Crippen LogP contribution in [0.1, 0.15) is 13.8 Å². The second-order valence-electron chi connectivity index (χ2n) is 2.56. The van der Waals surface area contributed by atoms with E-state index in [-0.39, 0.29) is 5.97 Å². The van der Waals surface area contributed by atoms with Gasteiger partial charge in [-0.05, 0) is 19.9 Å². The van der Waals surface area contributed by atoms with E-state index in [1.165, 1.54) is 13.2 Å². The molecule has 0 atom stereocenters. The number of allylic oxidation sites excluding steroid dienone is 3. The molecule has 0 radical (unpaired) electrons. The monoisotopic (exact) mass is 166 g/mol. The van der Waals surface area contributed by atoms with E-state index in [2.05, 4.69) is 11.3 Å². The molecule has 0 aromatic carbocycles. The van der Waals surface area contributed by atoms with Gasteiger partial charge >= 0.3 is 5.97 Å². The van der Waals surface area contributed by atoms with E-state index in [1.54, 1.807) is 6.08 Å². The van der Waals surface area contributed by atoms with Crippen molar-refractivity contribution in [2.75, 3.05) is 7.11 Å². The van der Waals surface area contributed by atoms with Crippen LogP contribution in [0, 0.1) is 0 Å². The predicted octanol–water partition coefficient (Wildman–Crippen LogP) is 2.24. The normalized spacial score (nSPS) is 10.4. The third kappa shape index (κ3) is 3.76. The Morgan fingerprint density at radius 1 is 1.33 bits per heavy atom. The van der Waals surface area contributed by atoms with E-state index in [9.17, 15) is 4.79 Å². The number of methoxy groups -OCH3 is 1. The van der Waals surface area contributed by atoms with E-state index in [4.69, 9.17) is 0 Å². The molecule has 0 fully saturated rings. The maximum atomic E-state index is 11.0. The molecule has 0 heterocycles. The average Bonchev–Trinajstić information content (AvgIpc) is 2.04. The molecule has 0 unspecified atom stereocenters. The molecule has 12 heavy (non-hydrogen) atoms. The second-order valence-corrected chi connectivity index (χ2v) is 2.56. The molecule has 0 saturated heterocycles. The van der Waals surface area contributed by atoms with Gasteiger partial charge in [0.15, 0.2) is 0 Å². The van der Waals surface area contributed by atoms with E-state index >= 15 is 0 Å². The smallest absolute Gasteiger partial charge is 0.337 e. The summed E-state index contributed by atoms with van der Waals surface area (Å²) in [4.78, 5) is 11.0. The van der Waals surface area contributed by atoms with Crippen molar-refractivity contribution in [1.29, 1.82) is 0 Å². The topological polar surface area (TPSA) is 26.3 Å². The lowest BCUT2D eigenvalue weighted by molar-refractivity contribution is -0.135. The van der Waals surface area contributed by atoms with Gasteiger partial charge in [-0.2, -0.15) is 0 Å². The summed E-state index contributed by atoms with van der Waals surface area (Å²) in [5.41, 5.74) is 1.59. The van der Waals surface area contributed by atoms with Gasteiger partial charge in [0.2, 0.25) is 0 Å². The minimum Gasteiger partial charge on any atom is -0.465 e. The van der Waals surface area contributed by atoms with Crippen LogP contribution in [0.15, 0.2) is 36.0 Å². The van der Waals surface area contributed by atoms with Crippen molar-refractivity contribution in [2.24, 2.45) is 0 Å². The molecule has 0 aromatic rings. The maximum Gasteiger partial charge on any atom is 0.337 e. The van der Waals surface area contributed by atoms with Crippen LogP contribution in [0.2, 0.25) is 0 Å². The van der Waals surface area contributed by atoms with Crippen LogP contribution < -0.4 is 0 Å². The van der Waals surface area contributed by atoms with Crippen molar-refractivity contribution in [3.8, 4) is 0 Å². The zero-order chi connectivity index (χ0) is 9.56. The summed E-state index contributed by atoms with van der Waals surface area (Å²) in [6.45, 7) is 7.42. The molecule has 0 spiro atoms. The van der Waals surface area contributed by atoms with Gasteiger partial charge in [0.25, 0.3) is 0 Å². The Balaban J connectivity index is 4.55. The van der Waals surface area contributed by atoms with Crippen LogP contribution in [-0.2, 0) is 9.53 Å². The highest BCUT2D eigenvalue weighted by molar-refractivity contribution is 5.91. The molecule has 0 rings (SSSR count). The number of rotatable bonds is 3. The van der Waals surface area contributed by atoms with Gasteiger partial charge in [0.1, 0.15) is 0 Å². The summed E-state index contributed by atoms with van der Waals surface area (Å²) >= 11 is 0. The quantitative estimate of drug-likeness (QED) is 0.365. The Morgan fingerprint density at radius 2 is 1.92 bits per heavy atom. The fraction of sp³-hybridized carbons (Fsp3) is 0.300. The summed E-state index contributed by atoms with van der Waals surface area (Å²) in [5.74, 6) is -0.359. The molecule has 2 nitrogen and oxygen atoms in total. The molecule has 0 bridgehead atoms. The molecule has 2 heteroatoms. The van der Waals surface area contributed by atoms with Crippen LogP contribution in [0.5, 0.6) is 0 Å². The summed E-state index contributed by atoms with van der Waals surface area (Å²) in [5, 5.41) is 0. The highest BCUT2D eigenvalue weighted by Crippen LogP contribution is 2.00. The molecule has 66 valence electrons. The molecular weight excluding hydrogens is 152 g/mol. The fourth-order valence-corrected chi connectivity index (χ4v) is 0.594. The summed E-state index contributed by atoms with van der Waals surface area (Å²) in [6.07, 6.45) is 5.01. The van der Waals surface area contributed by atoms with Crippen molar-refractivity contribution in [1.82, 2.24) is 0 Å². The van der Waals surface area contributed by atoms with E-state index in [0.717, 1.165) is 5.57 Å². The zero-order valence-electron chi connectivity index (χ0n) is 7.76. The first-order valence-electron chi connectivity index (χ1n) is 3.67. The van der Waals surface area contributed by atoms with Crippen molar-refractivity contribution < 1.29 is 9.53 Å². The lowest BCUT2D eigenvalue weighted by Crippen LogP contribution is -2.01. The first-order chi connectivity index (χ1) is 5.61. The third-order valence-electron chi connectivity index (χ3n) is 1.24. The number of carbonyl (C=O) groups is 1. The van der Waals surface area contributed by atoms with Gasteiger partial charge in [-0.25, -0.2) is 4.79 Å². The molecule has 0 aromatic heterocycles. The Hall–Kier alpha value is -1.31. The Kier molecular flexibility index (Phi) is 4.77. The maximum absolute atomic E-state index is 11.0. The SMILES string of the molecule is C=C/C(=C\C=C(C)C)C(=O)OC. The van der Waals surface area contributed by atoms with Gasteiger partial charge in [0, 0.05) is 0 Å². The lowest BCUT2D eigenvalue weighted by Gasteiger charge is -1.96. The highest BCUT2D eigenvalue weighted by atomic mass is 16.5. The van der Waals surface area contributed by atoms with Gasteiger partial charge in [-0.15, -0.1) is 0 Å². The first-order valence-corrected chi connectivity index (χ1v) is 3.67. The number of hydrogen-bond acceptors (Lipinski definition) is 2. The van der Waals surface area contributed by atoms with Crippen LogP contribution >= 0.6 is 0 Å². The molecule has 0 aliphatic carbocycles. The standard InChI is InChI=1S/C10H14O2/c1-5-9(10(11)12-4)7-6-8(2)3/h5-7H,1H2,2-4H3/b9-7+. The van der Waals surface area contributed by atoms with Crippen molar-refractivity contribution in [3.63, 3.8) is 0 Å². The molecule has 0 N–H and O–H groups in total. The van der Waals surface area contributed by atoms with Crippen LogP contribution in [0.4, 0.5) is 0 Å². The zero-order valence-corrected chi connectivity index (χ0v) is 7.76. The summed E-state index contributed by atoms with van der Waals surface area (Å²) in [6, 6.07) is 0. The van der Waals surface area contributed by atoms with Gasteiger partial charge in [0.05, 0.1) is 12.7 Å². The van der Waals surface area contributed by atoms with Gasteiger partial charge < -0.3 is 4.74 Å². The number of esters is 1. The molecule has 0 saturated carbocycles. The van der Waals surface area contributed by atoms with Crippen molar-refractivity contribution in [3.05, 3.63) is 36.0 Å². The van der Waals surface area contributed by atoms with E-state index in [1.807, 2.05) is 19.9 Å². The van der Waals surface area contributed by atoms with E-state index in [0.29, 0.717) is 5.57 Å². The molecule has 0 amide bonds. The minimum absolute atomic E-state index is 0.359. The van der Waals surface area contributed by atoms with E-state index < -0.39 is 0 Å². The number of hydrogen-bond donors (Lipinski definition) is 0. The third-order valence-corrected chi connectivity index (χ3v) is 1.24. The van der Waals surface area contributed by atoms with Gasteiger partial charge in [-0.1, -0.05) is 24.3 Å². The second kappa shape index (κ2) is 5.35. The molecular formula is C10H14O2. The van der Waals surface area contributed by atoms with Gasteiger partial charge in [-0.3, -0.25) is 0 Å². The first kappa shape index (κ1) is 10.7. The lowest BCUT2D eigenvalue weighted by atomic mass is 10.2. The molecule has 0 aliphatic heterocycles. The average molecular weight is 166 g/mol. The largest absolute Gasteiger partial charge is 0.465 e. The fourth-order valence-electron chi connectivity index (χ4n) is 0.594. The van der Waals surface area contributed by atoms with Crippen molar-refractivity contribution >= 4 is 5.97 Å². The minimum atomic E-state index is -0.359. The Morgan fingerprint density at radius 3 is 2.25 bits per heavy atom. The number of ether oxygens (including phenoxy) is 1. The Labute approximate surface area is 73.2 Å². The summed E-state index contributed by atoms with van der Waals surface area (Å²) in [7, 11) is 1.35. The Bertz CT molecular complexity index is 230.